The molecule has 38 heavy (non-hydrogen) atoms. The Kier molecular flexibility index (Phi) is 8.04. The van der Waals surface area contributed by atoms with Gasteiger partial charge in [0.05, 0.1) is 26.7 Å². The molecule has 0 radical (unpaired) electrons. The van der Waals surface area contributed by atoms with Crippen LogP contribution in [0.4, 0.5) is 11.8 Å². The number of nitrogens with zero attached hydrogens (tertiary/aromatic N) is 6. The van der Waals surface area contributed by atoms with Crippen LogP contribution in [-0.4, -0.2) is 117 Å². The van der Waals surface area contributed by atoms with Gasteiger partial charge in [-0.2, -0.15) is 15.0 Å². The number of rotatable bonds is 5. The minimum atomic E-state index is -1.31. The summed E-state index contributed by atoms with van der Waals surface area (Å²) in [5, 5.41) is 57.1. The van der Waals surface area contributed by atoms with Crippen LogP contribution in [0.5, 0.6) is 5.88 Å². The largest absolute Gasteiger partial charge is 0.479 e. The molecular weight excluding hydrogens is 512 g/mol. The molecule has 0 amide bonds. The number of fused-ring (bicyclic) bond motifs is 1. The first-order chi connectivity index (χ1) is 18.1. The average Bonchev–Trinajstić information content (AvgIpc) is 3.53. The van der Waals surface area contributed by atoms with Crippen LogP contribution in [0, 0.1) is 0 Å². The minimum Gasteiger partial charge on any atom is -0.479 e. The molecule has 5 heterocycles. The number of ether oxygens (including phenoxy) is 3. The van der Waals surface area contributed by atoms with Gasteiger partial charge in [-0.15, -0.1) is 0 Å². The van der Waals surface area contributed by atoms with Gasteiger partial charge in [0, 0.05) is 6.20 Å². The molecule has 5 rings (SSSR count). The van der Waals surface area contributed by atoms with E-state index in [1.807, 2.05) is 0 Å². The van der Waals surface area contributed by atoms with E-state index in [4.69, 9.17) is 35.9 Å². The Morgan fingerprint density at radius 2 is 1.50 bits per heavy atom. The van der Waals surface area contributed by atoms with Crippen LogP contribution in [0.3, 0.4) is 0 Å². The van der Waals surface area contributed by atoms with Crippen molar-refractivity contribution in [2.24, 2.45) is 0 Å². The van der Waals surface area contributed by atoms with Gasteiger partial charge in [-0.05, 0) is 6.07 Å². The molecule has 2 aliphatic heterocycles. The normalized spacial score (nSPS) is 30.8. The lowest BCUT2D eigenvalue weighted by atomic mass is 10.1. The van der Waals surface area contributed by atoms with Crippen molar-refractivity contribution in [1.82, 2.24) is 29.1 Å². The standard InChI is InChI=1S/C11H15N5O5.C9H13N3O5/c1-20-9-5-8(14-11(12)15-9)16(3-13-5)10-7(19)6(18)4(2-17)21-10;10-5-1-2-12(9(16)11-5)8-7(15)6(14)4(3-13)17-8/h3-4,6-7,10,17-19H,2H2,1H3,(H2,12,14,15);1-2,4,6-8,13-15H,3H2,(H2,10,11,16)/t4-,6-,7+,10-;4-,6-,7+,8-/m11/s1. The van der Waals surface area contributed by atoms with Crippen molar-refractivity contribution in [2.75, 3.05) is 31.8 Å². The van der Waals surface area contributed by atoms with E-state index in [1.165, 1.54) is 30.3 Å². The molecule has 0 unspecified atom stereocenters. The SMILES string of the molecule is COc1nc(N)nc2c1ncn2[C@@H]1O[C@H](CO)[C@@H](O)[C@@H]1O.Nc1ccn([C@@H]2O[C@H](CO)[C@@H](O)[C@@H]2O)c(=O)n1. The smallest absolute Gasteiger partial charge is 0.351 e. The summed E-state index contributed by atoms with van der Waals surface area (Å²) in [7, 11) is 1.42. The topological polar surface area (TPSA) is 280 Å². The van der Waals surface area contributed by atoms with Crippen LogP contribution in [0.15, 0.2) is 23.4 Å². The zero-order chi connectivity index (χ0) is 27.7. The first-order valence-electron chi connectivity index (χ1n) is 11.2. The Labute approximate surface area is 213 Å². The second-order valence-corrected chi connectivity index (χ2v) is 8.42. The van der Waals surface area contributed by atoms with Crippen molar-refractivity contribution in [3.05, 3.63) is 29.1 Å². The second kappa shape index (κ2) is 11.1. The van der Waals surface area contributed by atoms with Gasteiger partial charge in [0.1, 0.15) is 42.4 Å². The minimum absolute atomic E-state index is 0.0205. The molecule has 18 nitrogen and oxygen atoms in total. The third-order valence-corrected chi connectivity index (χ3v) is 6.03. The van der Waals surface area contributed by atoms with E-state index < -0.39 is 68.0 Å². The van der Waals surface area contributed by atoms with Gasteiger partial charge in [0.2, 0.25) is 11.8 Å². The summed E-state index contributed by atoms with van der Waals surface area (Å²) in [4.78, 5) is 27.0. The van der Waals surface area contributed by atoms with Gasteiger partial charge in [0.15, 0.2) is 23.6 Å². The lowest BCUT2D eigenvalue weighted by Gasteiger charge is -2.16. The highest BCUT2D eigenvalue weighted by molar-refractivity contribution is 5.77. The molecule has 10 N–H and O–H groups in total. The van der Waals surface area contributed by atoms with Crippen LogP contribution >= 0.6 is 0 Å². The van der Waals surface area contributed by atoms with E-state index in [2.05, 4.69) is 19.9 Å². The fourth-order valence-electron chi connectivity index (χ4n) is 4.07. The first kappa shape index (κ1) is 27.5. The predicted molar refractivity (Wildman–Crippen MR) is 125 cm³/mol. The Hall–Kier alpha value is -3.49. The number of methoxy groups -OCH3 is 1. The highest BCUT2D eigenvalue weighted by Crippen LogP contribution is 2.33. The lowest BCUT2D eigenvalue weighted by molar-refractivity contribution is -0.0549. The highest BCUT2D eigenvalue weighted by atomic mass is 16.6. The van der Waals surface area contributed by atoms with Crippen molar-refractivity contribution in [3.63, 3.8) is 0 Å². The Bertz CT molecular complexity index is 1320. The van der Waals surface area contributed by atoms with Crippen LogP contribution in [0.2, 0.25) is 0 Å². The zero-order valence-corrected chi connectivity index (χ0v) is 19.9. The number of hydrogen-bond donors (Lipinski definition) is 8. The molecule has 0 aliphatic carbocycles. The molecule has 0 spiro atoms. The maximum absolute atomic E-state index is 11.5. The highest BCUT2D eigenvalue weighted by Gasteiger charge is 2.45. The molecule has 208 valence electrons. The molecule has 2 fully saturated rings. The van der Waals surface area contributed by atoms with E-state index in [9.17, 15) is 25.2 Å². The monoisotopic (exact) mass is 540 g/mol. The summed E-state index contributed by atoms with van der Waals surface area (Å²) < 4.78 is 18.1. The Morgan fingerprint density at radius 1 is 0.921 bits per heavy atom. The number of aliphatic hydroxyl groups excluding tert-OH is 6. The molecule has 0 aromatic carbocycles. The Balaban J connectivity index is 0.000000181. The second-order valence-electron chi connectivity index (χ2n) is 8.42. The van der Waals surface area contributed by atoms with Crippen molar-refractivity contribution in [3.8, 4) is 5.88 Å². The third-order valence-electron chi connectivity index (χ3n) is 6.03. The summed E-state index contributed by atoms with van der Waals surface area (Å²) in [6.07, 6.45) is -6.16. The van der Waals surface area contributed by atoms with Gasteiger partial charge in [-0.25, -0.2) is 9.78 Å². The molecule has 3 aromatic rings. The summed E-state index contributed by atoms with van der Waals surface area (Å²) >= 11 is 0. The number of nitrogens with two attached hydrogens (primary N) is 2. The maximum atomic E-state index is 11.5. The summed E-state index contributed by atoms with van der Waals surface area (Å²) in [6, 6.07) is 1.37. The lowest BCUT2D eigenvalue weighted by Crippen LogP contribution is -2.36. The first-order valence-corrected chi connectivity index (χ1v) is 11.2. The van der Waals surface area contributed by atoms with Gasteiger partial charge in [0.25, 0.3) is 0 Å². The molecule has 0 bridgehead atoms. The summed E-state index contributed by atoms with van der Waals surface area (Å²) in [5.74, 6) is 0.230. The van der Waals surface area contributed by atoms with Crippen LogP contribution in [-0.2, 0) is 9.47 Å². The number of nitrogen functional groups attached to an aromatic ring is 2. The molecule has 8 atom stereocenters. The molecular formula is C20H28N8O10. The number of aromatic nitrogens is 6. The van der Waals surface area contributed by atoms with Gasteiger partial charge in [-0.1, -0.05) is 0 Å². The molecule has 2 saturated heterocycles. The third kappa shape index (κ3) is 4.98. The molecule has 18 heteroatoms. The predicted octanol–water partition coefficient (Wildman–Crippen LogP) is -4.53. The fourth-order valence-corrected chi connectivity index (χ4v) is 4.07. The van der Waals surface area contributed by atoms with E-state index in [-0.39, 0.29) is 17.6 Å². The Morgan fingerprint density at radius 3 is 2.00 bits per heavy atom. The number of hydrogen-bond acceptors (Lipinski definition) is 16. The quantitative estimate of drug-likeness (QED) is 0.151. The fraction of sp³-hybridized carbons (Fsp3) is 0.550. The van der Waals surface area contributed by atoms with Gasteiger partial charge < -0.3 is 56.3 Å². The maximum Gasteiger partial charge on any atom is 0.351 e. The van der Waals surface area contributed by atoms with Gasteiger partial charge >= 0.3 is 5.69 Å². The van der Waals surface area contributed by atoms with E-state index in [0.29, 0.717) is 11.2 Å². The van der Waals surface area contributed by atoms with Crippen LogP contribution in [0.25, 0.3) is 11.2 Å². The number of anilines is 2. The van der Waals surface area contributed by atoms with Crippen LogP contribution in [0.1, 0.15) is 12.5 Å². The van der Waals surface area contributed by atoms with Crippen molar-refractivity contribution in [2.45, 2.75) is 49.1 Å². The zero-order valence-electron chi connectivity index (χ0n) is 19.9. The van der Waals surface area contributed by atoms with E-state index in [0.717, 1.165) is 4.57 Å². The average molecular weight is 540 g/mol. The van der Waals surface area contributed by atoms with Crippen molar-refractivity contribution >= 4 is 22.9 Å². The van der Waals surface area contributed by atoms with Crippen LogP contribution < -0.4 is 21.9 Å². The van der Waals surface area contributed by atoms with Gasteiger partial charge in [-0.3, -0.25) is 9.13 Å². The van der Waals surface area contributed by atoms with Crippen molar-refractivity contribution in [1.29, 1.82) is 0 Å². The number of imidazole rings is 1. The summed E-state index contributed by atoms with van der Waals surface area (Å²) in [6.45, 7) is -0.867. The van der Waals surface area contributed by atoms with E-state index >= 15 is 0 Å². The molecule has 3 aromatic heterocycles. The molecule has 2 aliphatic rings. The number of aliphatic hydroxyl groups is 6. The summed E-state index contributed by atoms with van der Waals surface area (Å²) in [5.41, 5.74) is 10.9. The van der Waals surface area contributed by atoms with E-state index in [1.54, 1.807) is 0 Å². The van der Waals surface area contributed by atoms with Crippen molar-refractivity contribution < 1.29 is 44.8 Å². The molecule has 0 saturated carbocycles.